The first kappa shape index (κ1) is 19.7. The van der Waals surface area contributed by atoms with E-state index in [-0.39, 0.29) is 41.6 Å². The van der Waals surface area contributed by atoms with Crippen LogP contribution in [0.15, 0.2) is 23.6 Å². The van der Waals surface area contributed by atoms with E-state index in [0.717, 1.165) is 6.07 Å². The van der Waals surface area contributed by atoms with E-state index in [4.69, 9.17) is 9.47 Å². The number of rotatable bonds is 6. The molecule has 0 spiro atoms. The normalized spacial score (nSPS) is 12.3. The van der Waals surface area contributed by atoms with Gasteiger partial charge in [-0.25, -0.2) is 0 Å². The third kappa shape index (κ3) is 6.65. The third-order valence-electron chi connectivity index (χ3n) is 2.60. The van der Waals surface area contributed by atoms with E-state index in [1.165, 1.54) is 17.5 Å². The van der Waals surface area contributed by atoms with Gasteiger partial charge in [0.1, 0.15) is 10.6 Å². The molecule has 2 aromatic rings. The smallest absolute Gasteiger partial charge is 0.441 e. The Hall–Kier alpha value is -1.62. The predicted molar refractivity (Wildman–Crippen MR) is 82.4 cm³/mol. The zero-order valence-electron chi connectivity index (χ0n) is 12.6. The molecule has 0 unspecified atom stereocenters. The maximum Gasteiger partial charge on any atom is 0.441 e. The van der Waals surface area contributed by atoms with Gasteiger partial charge in [0.2, 0.25) is 11.8 Å². The number of thioether (sulfide) groups is 1. The van der Waals surface area contributed by atoms with Gasteiger partial charge in [0.25, 0.3) is 0 Å². The summed E-state index contributed by atoms with van der Waals surface area (Å²) in [5.41, 5.74) is -3.71. The fourth-order valence-electron chi connectivity index (χ4n) is 1.68. The second-order valence-corrected chi connectivity index (χ2v) is 6.78. The van der Waals surface area contributed by atoms with Crippen molar-refractivity contribution in [2.75, 3.05) is 12.4 Å². The molecule has 11 heteroatoms. The lowest BCUT2D eigenvalue weighted by Crippen LogP contribution is -2.08. The van der Waals surface area contributed by atoms with Gasteiger partial charge in [0.05, 0.1) is 6.61 Å². The Morgan fingerprint density at radius 2 is 1.76 bits per heavy atom. The zero-order valence-corrected chi connectivity index (χ0v) is 14.2. The number of thiophene rings is 1. The average molecular weight is 403 g/mol. The summed E-state index contributed by atoms with van der Waals surface area (Å²) in [5.74, 6) is -0.322. The van der Waals surface area contributed by atoms with E-state index in [2.05, 4.69) is 4.98 Å². The molecular weight excluding hydrogens is 392 g/mol. The van der Waals surface area contributed by atoms with Crippen molar-refractivity contribution in [1.82, 2.24) is 4.98 Å². The minimum absolute atomic E-state index is 0.00926. The molecule has 0 aliphatic rings. The maximum absolute atomic E-state index is 12.6. The van der Waals surface area contributed by atoms with E-state index < -0.39 is 16.6 Å². The van der Waals surface area contributed by atoms with Crippen LogP contribution in [0.3, 0.4) is 0 Å². The van der Waals surface area contributed by atoms with E-state index in [1.54, 1.807) is 6.92 Å². The van der Waals surface area contributed by atoms with Crippen molar-refractivity contribution in [3.05, 3.63) is 34.0 Å². The van der Waals surface area contributed by atoms with E-state index in [1.807, 2.05) is 0 Å². The molecule has 25 heavy (non-hydrogen) atoms. The molecule has 0 aliphatic heterocycles. The lowest BCUT2D eigenvalue weighted by atomic mass is 10.3. The van der Waals surface area contributed by atoms with Crippen LogP contribution in [0.5, 0.6) is 17.5 Å². The van der Waals surface area contributed by atoms with Gasteiger partial charge in [0.15, 0.2) is 0 Å². The number of hydrogen-bond donors (Lipinski definition) is 0. The molecule has 0 atom stereocenters. The summed E-state index contributed by atoms with van der Waals surface area (Å²) >= 11 is 0.265. The van der Waals surface area contributed by atoms with Gasteiger partial charge in [-0.1, -0.05) is 0 Å². The molecular formula is C14H11F6NO2S2. The summed E-state index contributed by atoms with van der Waals surface area (Å²) in [6.07, 6.45) is -4.46. The SMILES string of the molecule is Cc1cc(OCCSC(F)(F)F)nc(Oc2csc(C(F)(F)F)c2)c1. The Kier molecular flexibility index (Phi) is 6.09. The highest BCUT2D eigenvalue weighted by molar-refractivity contribution is 8.00. The van der Waals surface area contributed by atoms with Gasteiger partial charge < -0.3 is 9.47 Å². The van der Waals surface area contributed by atoms with Crippen LogP contribution in [-0.4, -0.2) is 22.9 Å². The lowest BCUT2D eigenvalue weighted by molar-refractivity contribution is -0.134. The minimum Gasteiger partial charge on any atom is -0.477 e. The molecule has 138 valence electrons. The van der Waals surface area contributed by atoms with Crippen molar-refractivity contribution in [2.45, 2.75) is 18.6 Å². The summed E-state index contributed by atoms with van der Waals surface area (Å²) < 4.78 is 84.2. The lowest BCUT2D eigenvalue weighted by Gasteiger charge is -2.09. The summed E-state index contributed by atoms with van der Waals surface area (Å²) in [6, 6.07) is 3.80. The standard InChI is InChI=1S/C14H11F6NO2S2/c1-8-4-11(22-2-3-25-14(18,19)20)21-12(5-8)23-9-6-10(24-7-9)13(15,16)17/h4-7H,2-3H2,1H3. The first-order valence-corrected chi connectivity index (χ1v) is 8.55. The van der Waals surface area contributed by atoms with Crippen LogP contribution in [0.2, 0.25) is 0 Å². The van der Waals surface area contributed by atoms with Gasteiger partial charge in [-0.2, -0.15) is 31.3 Å². The molecule has 0 fully saturated rings. The van der Waals surface area contributed by atoms with E-state index >= 15 is 0 Å². The highest BCUT2D eigenvalue weighted by atomic mass is 32.2. The fourth-order valence-corrected chi connectivity index (χ4v) is 2.75. The van der Waals surface area contributed by atoms with Crippen molar-refractivity contribution in [3.8, 4) is 17.5 Å². The maximum atomic E-state index is 12.6. The zero-order chi connectivity index (χ0) is 18.7. The van der Waals surface area contributed by atoms with Crippen molar-refractivity contribution in [1.29, 1.82) is 0 Å². The second kappa shape index (κ2) is 7.73. The van der Waals surface area contributed by atoms with Crippen molar-refractivity contribution in [2.24, 2.45) is 0 Å². The number of alkyl halides is 6. The van der Waals surface area contributed by atoms with Crippen molar-refractivity contribution >= 4 is 23.1 Å². The molecule has 0 N–H and O–H groups in total. The molecule has 3 nitrogen and oxygen atoms in total. The van der Waals surface area contributed by atoms with Crippen molar-refractivity contribution in [3.63, 3.8) is 0 Å². The molecule has 0 saturated carbocycles. The summed E-state index contributed by atoms with van der Waals surface area (Å²) in [6.45, 7) is 1.44. The number of pyridine rings is 1. The molecule has 0 aromatic carbocycles. The number of hydrogen-bond acceptors (Lipinski definition) is 5. The Labute approximate surface area is 147 Å². The van der Waals surface area contributed by atoms with Crippen LogP contribution in [-0.2, 0) is 6.18 Å². The molecule has 0 saturated heterocycles. The fraction of sp³-hybridized carbons (Fsp3) is 0.357. The molecule has 0 radical (unpaired) electrons. The highest BCUT2D eigenvalue weighted by Crippen LogP contribution is 2.37. The van der Waals surface area contributed by atoms with Gasteiger partial charge in [-0.3, -0.25) is 0 Å². The molecule has 2 aromatic heterocycles. The Morgan fingerprint density at radius 3 is 2.36 bits per heavy atom. The first-order chi connectivity index (χ1) is 11.5. The highest BCUT2D eigenvalue weighted by Gasteiger charge is 2.32. The van der Waals surface area contributed by atoms with Crippen LogP contribution >= 0.6 is 23.1 Å². The molecule has 2 heterocycles. The Bertz CT molecular complexity index is 714. The van der Waals surface area contributed by atoms with Crippen LogP contribution in [0.1, 0.15) is 10.4 Å². The van der Waals surface area contributed by atoms with Crippen LogP contribution < -0.4 is 9.47 Å². The summed E-state index contributed by atoms with van der Waals surface area (Å²) in [4.78, 5) is 3.11. The third-order valence-corrected chi connectivity index (χ3v) is 4.25. The average Bonchev–Trinajstić information content (AvgIpc) is 2.90. The van der Waals surface area contributed by atoms with Crippen LogP contribution in [0.4, 0.5) is 26.3 Å². The number of aromatic nitrogens is 1. The van der Waals surface area contributed by atoms with Gasteiger partial charge in [0, 0.05) is 29.3 Å². The summed E-state index contributed by atoms with van der Waals surface area (Å²) in [5, 5.41) is 1.19. The second-order valence-electron chi connectivity index (χ2n) is 4.71. The van der Waals surface area contributed by atoms with Crippen LogP contribution in [0.25, 0.3) is 0 Å². The quantitative estimate of drug-likeness (QED) is 0.444. The van der Waals surface area contributed by atoms with Gasteiger partial charge in [-0.15, -0.1) is 11.3 Å². The Balaban J connectivity index is 2.00. The van der Waals surface area contributed by atoms with Crippen LogP contribution in [0, 0.1) is 6.92 Å². The van der Waals surface area contributed by atoms with Crippen molar-refractivity contribution < 1.29 is 35.8 Å². The molecule has 0 aliphatic carbocycles. The molecule has 0 bridgehead atoms. The predicted octanol–water partition coefficient (Wildman–Crippen LogP) is 5.89. The van der Waals surface area contributed by atoms with Gasteiger partial charge in [-0.05, 0) is 24.2 Å². The number of halogens is 6. The largest absolute Gasteiger partial charge is 0.477 e. The number of aryl methyl sites for hydroxylation is 1. The molecule has 2 rings (SSSR count). The summed E-state index contributed by atoms with van der Waals surface area (Å²) in [7, 11) is 0. The Morgan fingerprint density at radius 1 is 1.08 bits per heavy atom. The topological polar surface area (TPSA) is 31.4 Å². The number of ether oxygens (including phenoxy) is 2. The first-order valence-electron chi connectivity index (χ1n) is 6.69. The minimum atomic E-state index is -4.46. The monoisotopic (exact) mass is 403 g/mol. The van der Waals surface area contributed by atoms with E-state index in [0.29, 0.717) is 16.9 Å². The molecule has 0 amide bonds. The van der Waals surface area contributed by atoms with E-state index in [9.17, 15) is 26.3 Å². The van der Waals surface area contributed by atoms with Gasteiger partial charge >= 0.3 is 11.7 Å². The number of nitrogens with zero attached hydrogens (tertiary/aromatic N) is 1.